The Labute approximate surface area is 127 Å². The minimum Gasteiger partial charge on any atom is -0.481 e. The number of hydrogen-bond acceptors (Lipinski definition) is 3. The Morgan fingerprint density at radius 2 is 1.86 bits per heavy atom. The van der Waals surface area contributed by atoms with Gasteiger partial charge in [-0.15, -0.1) is 0 Å². The van der Waals surface area contributed by atoms with E-state index in [1.54, 1.807) is 0 Å². The van der Waals surface area contributed by atoms with Gasteiger partial charge in [0, 0.05) is 12.6 Å². The van der Waals surface area contributed by atoms with Crippen LogP contribution in [0.25, 0.3) is 0 Å². The number of carboxylic acids is 1. The highest BCUT2D eigenvalue weighted by atomic mass is 16.4. The molecule has 5 heteroatoms. The number of likely N-dealkylation sites (tertiary alicyclic amines) is 1. The summed E-state index contributed by atoms with van der Waals surface area (Å²) in [4.78, 5) is 26.1. The van der Waals surface area contributed by atoms with Crippen molar-refractivity contribution in [2.75, 3.05) is 19.6 Å². The van der Waals surface area contributed by atoms with Crippen LogP contribution < -0.4 is 5.32 Å². The van der Waals surface area contributed by atoms with Gasteiger partial charge in [0.05, 0.1) is 11.8 Å². The Bertz CT molecular complexity index is 380. The van der Waals surface area contributed by atoms with Gasteiger partial charge < -0.3 is 15.3 Å². The van der Waals surface area contributed by atoms with Gasteiger partial charge in [-0.2, -0.15) is 0 Å². The van der Waals surface area contributed by atoms with E-state index in [1.807, 2.05) is 6.92 Å². The van der Waals surface area contributed by atoms with E-state index in [-0.39, 0.29) is 17.9 Å². The van der Waals surface area contributed by atoms with E-state index in [9.17, 15) is 14.7 Å². The van der Waals surface area contributed by atoms with Gasteiger partial charge in [-0.05, 0) is 51.6 Å². The maximum absolute atomic E-state index is 12.4. The molecule has 2 aliphatic rings. The molecule has 21 heavy (non-hydrogen) atoms. The molecule has 1 aliphatic heterocycles. The van der Waals surface area contributed by atoms with Crippen LogP contribution in [0.4, 0.5) is 0 Å². The number of rotatable bonds is 6. The van der Waals surface area contributed by atoms with E-state index in [1.165, 1.54) is 12.8 Å². The lowest BCUT2D eigenvalue weighted by Gasteiger charge is -2.23. The third kappa shape index (κ3) is 4.19. The molecule has 0 spiro atoms. The number of nitrogens with zero attached hydrogens (tertiary/aromatic N) is 1. The largest absolute Gasteiger partial charge is 0.481 e. The normalized spacial score (nSPS) is 31.2. The first-order valence-electron chi connectivity index (χ1n) is 8.26. The van der Waals surface area contributed by atoms with Gasteiger partial charge in [-0.1, -0.05) is 13.3 Å². The van der Waals surface area contributed by atoms with Crippen LogP contribution >= 0.6 is 0 Å². The van der Waals surface area contributed by atoms with E-state index < -0.39 is 11.9 Å². The highest BCUT2D eigenvalue weighted by Gasteiger charge is 2.42. The van der Waals surface area contributed by atoms with Crippen molar-refractivity contribution < 1.29 is 14.7 Å². The van der Waals surface area contributed by atoms with E-state index in [4.69, 9.17) is 0 Å². The van der Waals surface area contributed by atoms with Crippen LogP contribution in [0, 0.1) is 17.8 Å². The van der Waals surface area contributed by atoms with Crippen LogP contribution in [-0.2, 0) is 9.59 Å². The topological polar surface area (TPSA) is 69.6 Å². The minimum atomic E-state index is -0.821. The van der Waals surface area contributed by atoms with Gasteiger partial charge in [0.1, 0.15) is 0 Å². The van der Waals surface area contributed by atoms with Crippen LogP contribution in [-0.4, -0.2) is 47.6 Å². The van der Waals surface area contributed by atoms with Crippen molar-refractivity contribution in [3.63, 3.8) is 0 Å². The Kier molecular flexibility index (Phi) is 5.62. The van der Waals surface area contributed by atoms with E-state index in [0.717, 1.165) is 32.5 Å². The predicted molar refractivity (Wildman–Crippen MR) is 80.9 cm³/mol. The van der Waals surface area contributed by atoms with Gasteiger partial charge >= 0.3 is 5.97 Å². The summed E-state index contributed by atoms with van der Waals surface area (Å²) in [6.45, 7) is 7.17. The van der Waals surface area contributed by atoms with E-state index >= 15 is 0 Å². The molecule has 120 valence electrons. The fourth-order valence-electron chi connectivity index (χ4n) is 3.79. The number of carbonyl (C=O) groups excluding carboxylic acids is 1. The Balaban J connectivity index is 1.87. The number of hydrogen-bond donors (Lipinski definition) is 2. The molecule has 1 saturated heterocycles. The van der Waals surface area contributed by atoms with Crippen LogP contribution in [0.15, 0.2) is 0 Å². The molecule has 4 atom stereocenters. The molecule has 0 radical (unpaired) electrons. The van der Waals surface area contributed by atoms with Crippen LogP contribution in [0.2, 0.25) is 0 Å². The summed E-state index contributed by atoms with van der Waals surface area (Å²) in [5.41, 5.74) is 0. The number of amides is 1. The smallest absolute Gasteiger partial charge is 0.307 e. The minimum absolute atomic E-state index is 0.0648. The van der Waals surface area contributed by atoms with Gasteiger partial charge in [0.15, 0.2) is 0 Å². The first kappa shape index (κ1) is 16.3. The summed E-state index contributed by atoms with van der Waals surface area (Å²) < 4.78 is 0. The first-order chi connectivity index (χ1) is 10.0. The maximum atomic E-state index is 12.4. The van der Waals surface area contributed by atoms with Crippen molar-refractivity contribution in [1.29, 1.82) is 0 Å². The maximum Gasteiger partial charge on any atom is 0.307 e. The Morgan fingerprint density at radius 1 is 1.24 bits per heavy atom. The summed E-state index contributed by atoms with van der Waals surface area (Å²) in [6, 6.07) is 0.0886. The van der Waals surface area contributed by atoms with Gasteiger partial charge in [0.25, 0.3) is 0 Å². The Morgan fingerprint density at radius 3 is 2.43 bits per heavy atom. The second kappa shape index (κ2) is 7.25. The summed E-state index contributed by atoms with van der Waals surface area (Å²) in [5.74, 6) is -1.37. The lowest BCUT2D eigenvalue weighted by atomic mass is 9.95. The molecule has 2 N–H and O–H groups in total. The van der Waals surface area contributed by atoms with Crippen molar-refractivity contribution in [3.8, 4) is 0 Å². The quantitative estimate of drug-likeness (QED) is 0.783. The average Bonchev–Trinajstić information content (AvgIpc) is 3.06. The molecule has 2 fully saturated rings. The molecule has 1 heterocycles. The standard InChI is InChI=1S/C16H28N2O3/c1-3-12-8-13(14(9-12)16(20)21)15(19)17-11(2)10-18-6-4-5-7-18/h11-14H,3-10H2,1-2H3,(H,17,19)(H,20,21)/t11?,12?,13-,14+/m0/s1. The molecule has 5 nitrogen and oxygen atoms in total. The lowest BCUT2D eigenvalue weighted by molar-refractivity contribution is -0.146. The molecule has 1 saturated carbocycles. The molecule has 1 aliphatic carbocycles. The van der Waals surface area contributed by atoms with Crippen LogP contribution in [0.5, 0.6) is 0 Å². The highest BCUT2D eigenvalue weighted by Crippen LogP contribution is 2.38. The molecule has 2 unspecified atom stereocenters. The first-order valence-corrected chi connectivity index (χ1v) is 8.26. The molecular weight excluding hydrogens is 268 g/mol. The van der Waals surface area contributed by atoms with E-state index in [0.29, 0.717) is 12.3 Å². The van der Waals surface area contributed by atoms with Crippen molar-refractivity contribution in [3.05, 3.63) is 0 Å². The summed E-state index contributed by atoms with van der Waals surface area (Å²) >= 11 is 0. The molecule has 0 aromatic heterocycles. The fraction of sp³-hybridized carbons (Fsp3) is 0.875. The van der Waals surface area contributed by atoms with Gasteiger partial charge in [0.2, 0.25) is 5.91 Å². The summed E-state index contributed by atoms with van der Waals surface area (Å²) in [6.07, 6.45) is 4.79. The predicted octanol–water partition coefficient (Wildman–Crippen LogP) is 1.72. The number of carboxylic acid groups (broad SMARTS) is 1. The monoisotopic (exact) mass is 296 g/mol. The van der Waals surface area contributed by atoms with Crippen LogP contribution in [0.3, 0.4) is 0 Å². The summed E-state index contributed by atoms with van der Waals surface area (Å²) in [7, 11) is 0. The summed E-state index contributed by atoms with van der Waals surface area (Å²) in [5, 5.41) is 12.4. The zero-order valence-corrected chi connectivity index (χ0v) is 13.2. The Hall–Kier alpha value is -1.10. The van der Waals surface area contributed by atoms with Crippen molar-refractivity contribution >= 4 is 11.9 Å². The molecule has 0 aromatic carbocycles. The zero-order valence-electron chi connectivity index (χ0n) is 13.2. The van der Waals surface area contributed by atoms with Crippen LogP contribution in [0.1, 0.15) is 46.0 Å². The molecular formula is C16H28N2O3. The second-order valence-corrected chi connectivity index (χ2v) is 6.71. The SMILES string of the molecule is CCC1C[C@H](C(=O)NC(C)CN2CCCC2)[C@H](C(=O)O)C1. The number of carbonyl (C=O) groups is 2. The zero-order chi connectivity index (χ0) is 15.4. The molecule has 2 rings (SSSR count). The average molecular weight is 296 g/mol. The highest BCUT2D eigenvalue weighted by molar-refractivity contribution is 5.85. The van der Waals surface area contributed by atoms with Gasteiger partial charge in [-0.3, -0.25) is 9.59 Å². The molecule has 0 bridgehead atoms. The van der Waals surface area contributed by atoms with Crippen molar-refractivity contribution in [2.24, 2.45) is 17.8 Å². The fourth-order valence-corrected chi connectivity index (χ4v) is 3.79. The van der Waals surface area contributed by atoms with E-state index in [2.05, 4.69) is 17.1 Å². The third-order valence-electron chi connectivity index (χ3n) is 5.01. The van der Waals surface area contributed by atoms with Crippen molar-refractivity contribution in [2.45, 2.75) is 52.0 Å². The molecule has 1 amide bonds. The van der Waals surface area contributed by atoms with Gasteiger partial charge in [-0.25, -0.2) is 0 Å². The number of nitrogens with one attached hydrogen (secondary N) is 1. The lowest BCUT2D eigenvalue weighted by Crippen LogP contribution is -2.44. The third-order valence-corrected chi connectivity index (χ3v) is 5.01. The molecule has 0 aromatic rings. The number of aliphatic carboxylic acids is 1. The second-order valence-electron chi connectivity index (χ2n) is 6.71. The van der Waals surface area contributed by atoms with Crippen molar-refractivity contribution in [1.82, 2.24) is 10.2 Å².